The van der Waals surface area contributed by atoms with E-state index < -0.39 is 0 Å². The third-order valence-corrected chi connectivity index (χ3v) is 13.2. The molecule has 0 unspecified atom stereocenters. The van der Waals surface area contributed by atoms with Gasteiger partial charge < -0.3 is 4.42 Å². The Bertz CT molecular complexity index is 3470. The van der Waals surface area contributed by atoms with Crippen molar-refractivity contribution in [3.05, 3.63) is 176 Å². The summed E-state index contributed by atoms with van der Waals surface area (Å²) in [5.74, 6) is 1.81. The number of hydrogen-bond donors (Lipinski definition) is 0. The molecule has 12 rings (SSSR count). The first-order chi connectivity index (χ1) is 28.2. The molecule has 0 spiro atoms. The predicted molar refractivity (Wildman–Crippen MR) is 240 cm³/mol. The minimum absolute atomic E-state index is 0.571. The largest absolute Gasteiger partial charge is 0.455 e. The van der Waals surface area contributed by atoms with Crippen LogP contribution < -0.4 is 0 Å². The van der Waals surface area contributed by atoms with Crippen LogP contribution in [0.5, 0.6) is 0 Å². The molecule has 4 heterocycles. The maximum Gasteiger partial charge on any atom is 0.167 e. The van der Waals surface area contributed by atoms with Crippen LogP contribution in [0, 0.1) is 0 Å². The Labute approximate surface area is 335 Å². The van der Waals surface area contributed by atoms with Crippen molar-refractivity contribution in [3.8, 4) is 56.4 Å². The second kappa shape index (κ2) is 12.8. The fraction of sp³-hybridized carbons (Fsp3) is 0. The quantitative estimate of drug-likeness (QED) is 0.175. The highest BCUT2D eigenvalue weighted by atomic mass is 32.1. The number of fused-ring (bicyclic) bond motifs is 9. The lowest BCUT2D eigenvalue weighted by molar-refractivity contribution is 0.669. The lowest BCUT2D eigenvalue weighted by Gasteiger charge is -2.11. The smallest absolute Gasteiger partial charge is 0.167 e. The monoisotopic (exact) mass is 763 g/mol. The minimum atomic E-state index is 0.571. The molecule has 0 amide bonds. The molecule has 4 nitrogen and oxygen atoms in total. The first-order valence-corrected chi connectivity index (χ1v) is 20.6. The summed E-state index contributed by atoms with van der Waals surface area (Å²) in [5, 5.41) is 7.24. The topological polar surface area (TPSA) is 51.8 Å². The van der Waals surface area contributed by atoms with Crippen molar-refractivity contribution in [2.24, 2.45) is 0 Å². The average molecular weight is 764 g/mol. The van der Waals surface area contributed by atoms with Crippen LogP contribution in [0.4, 0.5) is 0 Å². The molecule has 4 aromatic heterocycles. The molecule has 0 N–H and O–H groups in total. The molecular weight excluding hydrogens is 735 g/mol. The minimum Gasteiger partial charge on any atom is -0.455 e. The zero-order chi connectivity index (χ0) is 37.5. The van der Waals surface area contributed by atoms with Crippen LogP contribution in [-0.2, 0) is 0 Å². The fourth-order valence-corrected chi connectivity index (χ4v) is 10.6. The zero-order valence-corrected chi connectivity index (χ0v) is 31.9. The van der Waals surface area contributed by atoms with Gasteiger partial charge in [-0.1, -0.05) is 127 Å². The van der Waals surface area contributed by atoms with Gasteiger partial charge in [-0.3, -0.25) is 0 Å². The Balaban J connectivity index is 1.07. The molecule has 12 aromatic rings. The third kappa shape index (κ3) is 5.22. The van der Waals surface area contributed by atoms with Crippen molar-refractivity contribution in [1.82, 2.24) is 15.0 Å². The molecule has 0 fully saturated rings. The fourth-order valence-electron chi connectivity index (χ4n) is 8.32. The van der Waals surface area contributed by atoms with E-state index in [1.54, 1.807) is 0 Å². The van der Waals surface area contributed by atoms with Crippen molar-refractivity contribution in [1.29, 1.82) is 0 Å². The molecular formula is C51H29N3OS2. The summed E-state index contributed by atoms with van der Waals surface area (Å²) in [5.41, 5.74) is 9.08. The van der Waals surface area contributed by atoms with E-state index in [4.69, 9.17) is 19.4 Å². The summed E-state index contributed by atoms with van der Waals surface area (Å²) in [6.45, 7) is 0. The van der Waals surface area contributed by atoms with Gasteiger partial charge in [0.2, 0.25) is 0 Å². The summed E-state index contributed by atoms with van der Waals surface area (Å²) in [7, 11) is 0. The van der Waals surface area contributed by atoms with Gasteiger partial charge in [0.05, 0.1) is 5.56 Å². The molecule has 266 valence electrons. The molecule has 0 aliphatic rings. The van der Waals surface area contributed by atoms with E-state index in [1.165, 1.54) is 57.0 Å². The van der Waals surface area contributed by atoms with Crippen LogP contribution >= 0.6 is 22.7 Å². The van der Waals surface area contributed by atoms with Crippen LogP contribution in [0.2, 0.25) is 0 Å². The van der Waals surface area contributed by atoms with Crippen LogP contribution in [-0.4, -0.2) is 15.0 Å². The molecule has 57 heavy (non-hydrogen) atoms. The molecule has 0 saturated carbocycles. The van der Waals surface area contributed by atoms with E-state index in [0.717, 1.165) is 44.2 Å². The highest BCUT2D eigenvalue weighted by Crippen LogP contribution is 2.47. The number of rotatable bonds is 5. The van der Waals surface area contributed by atoms with Gasteiger partial charge in [-0.2, -0.15) is 0 Å². The summed E-state index contributed by atoms with van der Waals surface area (Å²) in [6, 6.07) is 62.1. The van der Waals surface area contributed by atoms with Gasteiger partial charge in [0.25, 0.3) is 0 Å². The SMILES string of the molecule is c1ccc(-c2nc(-c3ccccc3)nc(-c3cccc4c3oc3ccc(-c5cc(-c6cccc7sc8ccccc8c67)cc6sc7ccccc7c56)cc34)n2)cc1. The number of thiophene rings is 2. The van der Waals surface area contributed by atoms with Gasteiger partial charge in [0, 0.05) is 62.2 Å². The highest BCUT2D eigenvalue weighted by molar-refractivity contribution is 7.26. The van der Waals surface area contributed by atoms with Crippen LogP contribution in [0.15, 0.2) is 180 Å². The molecule has 8 aromatic carbocycles. The maximum atomic E-state index is 6.74. The van der Waals surface area contributed by atoms with Crippen molar-refractivity contribution >= 4 is 85.0 Å². The second-order valence-electron chi connectivity index (χ2n) is 14.3. The van der Waals surface area contributed by atoms with Crippen LogP contribution in [0.3, 0.4) is 0 Å². The molecule has 0 aliphatic heterocycles. The van der Waals surface area contributed by atoms with Crippen molar-refractivity contribution < 1.29 is 4.42 Å². The Morgan fingerprint density at radius 1 is 0.333 bits per heavy atom. The lowest BCUT2D eigenvalue weighted by atomic mass is 9.92. The number of para-hydroxylation sites is 1. The van der Waals surface area contributed by atoms with Crippen molar-refractivity contribution in [2.75, 3.05) is 0 Å². The van der Waals surface area contributed by atoms with E-state index >= 15 is 0 Å². The van der Waals surface area contributed by atoms with Gasteiger partial charge in [-0.15, -0.1) is 22.7 Å². The van der Waals surface area contributed by atoms with E-state index in [1.807, 2.05) is 89.4 Å². The first kappa shape index (κ1) is 32.3. The predicted octanol–water partition coefficient (Wildman–Crippen LogP) is 14.8. The zero-order valence-electron chi connectivity index (χ0n) is 30.3. The first-order valence-electron chi connectivity index (χ1n) is 18.9. The van der Waals surface area contributed by atoms with Crippen LogP contribution in [0.25, 0.3) is 119 Å². The number of hydrogen-bond acceptors (Lipinski definition) is 6. The molecule has 0 aliphatic carbocycles. The van der Waals surface area contributed by atoms with Crippen molar-refractivity contribution in [2.45, 2.75) is 0 Å². The van der Waals surface area contributed by atoms with Gasteiger partial charge in [0.15, 0.2) is 17.5 Å². The third-order valence-electron chi connectivity index (χ3n) is 10.9. The van der Waals surface area contributed by atoms with E-state index in [2.05, 4.69) is 109 Å². The Morgan fingerprint density at radius 3 is 1.61 bits per heavy atom. The lowest BCUT2D eigenvalue weighted by Crippen LogP contribution is -2.00. The standard InChI is InChI=1S/C51H29N3OS2/c1-3-13-30(14-4-1)49-52-50(31-15-5-2-6-16-31)54-51(53-49)38-21-11-20-35-40-27-32(25-26-41(40)55-48(35)38)39-28-33(29-45-47(39)37-18-8-10-23-43(37)57-45)34-19-12-24-44-46(34)36-17-7-9-22-42(36)56-44/h1-29H. The summed E-state index contributed by atoms with van der Waals surface area (Å²) < 4.78 is 11.9. The van der Waals surface area contributed by atoms with E-state index in [-0.39, 0.29) is 0 Å². The molecule has 0 radical (unpaired) electrons. The van der Waals surface area contributed by atoms with E-state index in [0.29, 0.717) is 17.5 Å². The summed E-state index contributed by atoms with van der Waals surface area (Å²) in [4.78, 5) is 15.0. The number of benzene rings is 8. The van der Waals surface area contributed by atoms with Crippen LogP contribution in [0.1, 0.15) is 0 Å². The summed E-state index contributed by atoms with van der Waals surface area (Å²) >= 11 is 3.72. The van der Waals surface area contributed by atoms with Crippen molar-refractivity contribution in [3.63, 3.8) is 0 Å². The highest BCUT2D eigenvalue weighted by Gasteiger charge is 2.20. The Kier molecular flexibility index (Phi) is 7.24. The number of furan rings is 1. The second-order valence-corrected chi connectivity index (χ2v) is 16.5. The average Bonchev–Trinajstić information content (AvgIpc) is 3.97. The molecule has 6 heteroatoms. The Hall–Kier alpha value is -6.99. The number of aromatic nitrogens is 3. The summed E-state index contributed by atoms with van der Waals surface area (Å²) in [6.07, 6.45) is 0. The normalized spacial score (nSPS) is 11.9. The molecule has 0 atom stereocenters. The van der Waals surface area contributed by atoms with Gasteiger partial charge in [-0.25, -0.2) is 15.0 Å². The van der Waals surface area contributed by atoms with Gasteiger partial charge >= 0.3 is 0 Å². The van der Waals surface area contributed by atoms with E-state index in [9.17, 15) is 0 Å². The van der Waals surface area contributed by atoms with Gasteiger partial charge in [-0.05, 0) is 70.8 Å². The molecule has 0 saturated heterocycles. The molecule has 0 bridgehead atoms. The Morgan fingerprint density at radius 2 is 0.895 bits per heavy atom. The van der Waals surface area contributed by atoms with Gasteiger partial charge in [0.1, 0.15) is 11.2 Å². The number of nitrogens with zero attached hydrogens (tertiary/aromatic N) is 3. The maximum absolute atomic E-state index is 6.74.